The van der Waals surface area contributed by atoms with Crippen molar-refractivity contribution in [2.75, 3.05) is 17.7 Å². The number of thioether (sulfide) groups is 1. The van der Waals surface area contributed by atoms with Crippen molar-refractivity contribution in [1.29, 1.82) is 5.26 Å². The van der Waals surface area contributed by atoms with E-state index in [9.17, 15) is 19.6 Å². The number of carbonyl (C=O) groups excluding carboxylic acids is 3. The van der Waals surface area contributed by atoms with Gasteiger partial charge in [0, 0.05) is 21.0 Å². The number of thiophene rings is 1. The van der Waals surface area contributed by atoms with E-state index in [-0.39, 0.29) is 17.0 Å². The molecule has 1 aliphatic carbocycles. The molecule has 50 heavy (non-hydrogen) atoms. The van der Waals surface area contributed by atoms with Crippen LogP contribution in [0.25, 0.3) is 6.08 Å². The Balaban J connectivity index is 1.30. The van der Waals surface area contributed by atoms with Crippen LogP contribution in [0.5, 0.6) is 5.75 Å². The number of hydrogen-bond acceptors (Lipinski definition) is 7. The monoisotopic (exact) mass is 706 g/mol. The van der Waals surface area contributed by atoms with Gasteiger partial charge in [0.05, 0.1) is 17.9 Å². The molecule has 1 heterocycles. The first-order chi connectivity index (χ1) is 24.0. The van der Waals surface area contributed by atoms with Gasteiger partial charge in [-0.05, 0) is 96.7 Å². The van der Waals surface area contributed by atoms with Crippen LogP contribution >= 0.6 is 23.1 Å². The van der Waals surface area contributed by atoms with Crippen LogP contribution in [-0.4, -0.2) is 30.1 Å². The maximum Gasteiger partial charge on any atom is 0.272 e. The quantitative estimate of drug-likeness (QED) is 0.106. The fourth-order valence-electron chi connectivity index (χ4n) is 5.87. The maximum atomic E-state index is 13.6. The topological polar surface area (TPSA) is 120 Å². The van der Waals surface area contributed by atoms with Gasteiger partial charge in [-0.25, -0.2) is 0 Å². The SMILES string of the molecule is CCC(Sc1cccc(NC(=O)/C(=C\c2ccc(OC)cc2)NC(=O)c2ccccc2)c1)C(=O)Nc1sc2c(c1C#N)CCC(C(C)(C)C)C2. The van der Waals surface area contributed by atoms with Gasteiger partial charge in [-0.1, -0.05) is 64.1 Å². The number of methoxy groups -OCH3 is 1. The van der Waals surface area contributed by atoms with Crippen LogP contribution in [0.4, 0.5) is 10.7 Å². The summed E-state index contributed by atoms with van der Waals surface area (Å²) >= 11 is 2.93. The molecule has 1 aromatic heterocycles. The summed E-state index contributed by atoms with van der Waals surface area (Å²) in [6.45, 7) is 8.73. The van der Waals surface area contributed by atoms with Gasteiger partial charge < -0.3 is 20.7 Å². The molecule has 3 aromatic carbocycles. The average Bonchev–Trinajstić information content (AvgIpc) is 3.46. The second-order valence-corrected chi connectivity index (χ2v) is 15.6. The third-order valence-electron chi connectivity index (χ3n) is 8.83. The van der Waals surface area contributed by atoms with E-state index in [2.05, 4.69) is 42.8 Å². The predicted molar refractivity (Wildman–Crippen MR) is 203 cm³/mol. The van der Waals surface area contributed by atoms with Crippen LogP contribution < -0.4 is 20.7 Å². The van der Waals surface area contributed by atoms with Crippen LogP contribution in [0.1, 0.15) is 72.5 Å². The fraction of sp³-hybridized carbons (Fsp3) is 0.300. The summed E-state index contributed by atoms with van der Waals surface area (Å²) in [6.07, 6.45) is 4.97. The molecular weight excluding hydrogens is 665 g/mol. The minimum atomic E-state index is -0.503. The molecule has 258 valence electrons. The van der Waals surface area contributed by atoms with Crippen LogP contribution in [0, 0.1) is 22.7 Å². The molecule has 3 N–H and O–H groups in total. The number of fused-ring (bicyclic) bond motifs is 1. The Morgan fingerprint density at radius 1 is 1.04 bits per heavy atom. The molecule has 10 heteroatoms. The van der Waals surface area contributed by atoms with E-state index in [1.54, 1.807) is 73.8 Å². The molecule has 3 amide bonds. The van der Waals surface area contributed by atoms with Crippen LogP contribution in [-0.2, 0) is 22.4 Å². The largest absolute Gasteiger partial charge is 0.497 e. The fourth-order valence-corrected chi connectivity index (χ4v) is 8.16. The molecule has 1 aliphatic rings. The summed E-state index contributed by atoms with van der Waals surface area (Å²) < 4.78 is 5.25. The van der Waals surface area contributed by atoms with Crippen LogP contribution in [0.15, 0.2) is 89.5 Å². The van der Waals surface area contributed by atoms with Gasteiger partial charge in [0.25, 0.3) is 11.8 Å². The van der Waals surface area contributed by atoms with Gasteiger partial charge in [0.1, 0.15) is 22.5 Å². The molecule has 8 nitrogen and oxygen atoms in total. The number of anilines is 2. The van der Waals surface area contributed by atoms with Crippen molar-refractivity contribution in [1.82, 2.24) is 5.32 Å². The molecular formula is C40H42N4O4S2. The molecule has 0 saturated heterocycles. The van der Waals surface area contributed by atoms with E-state index in [4.69, 9.17) is 4.74 Å². The Morgan fingerprint density at radius 2 is 1.78 bits per heavy atom. The first-order valence-corrected chi connectivity index (χ1v) is 18.3. The predicted octanol–water partition coefficient (Wildman–Crippen LogP) is 8.70. The lowest BCUT2D eigenvalue weighted by molar-refractivity contribution is -0.116. The first-order valence-electron chi connectivity index (χ1n) is 16.6. The highest BCUT2D eigenvalue weighted by atomic mass is 32.2. The van der Waals surface area contributed by atoms with Gasteiger partial charge in [-0.2, -0.15) is 5.26 Å². The molecule has 0 aliphatic heterocycles. The molecule has 5 rings (SSSR count). The van der Waals surface area contributed by atoms with Crippen molar-refractivity contribution in [2.24, 2.45) is 11.3 Å². The lowest BCUT2D eigenvalue weighted by Crippen LogP contribution is -2.30. The number of nitriles is 1. The Bertz CT molecular complexity index is 1920. The lowest BCUT2D eigenvalue weighted by atomic mass is 9.72. The minimum absolute atomic E-state index is 0.0636. The zero-order valence-corrected chi connectivity index (χ0v) is 30.6. The molecule has 0 spiro atoms. The molecule has 2 atom stereocenters. The van der Waals surface area contributed by atoms with Gasteiger partial charge in [0.15, 0.2) is 0 Å². The second kappa shape index (κ2) is 16.2. The van der Waals surface area contributed by atoms with Crippen LogP contribution in [0.3, 0.4) is 0 Å². The van der Waals surface area contributed by atoms with E-state index >= 15 is 0 Å². The third kappa shape index (κ3) is 9.03. The third-order valence-corrected chi connectivity index (χ3v) is 11.4. The lowest BCUT2D eigenvalue weighted by Gasteiger charge is -2.33. The summed E-state index contributed by atoms with van der Waals surface area (Å²) in [4.78, 5) is 42.2. The van der Waals surface area contributed by atoms with Crippen molar-refractivity contribution in [3.05, 3.63) is 112 Å². The highest BCUT2D eigenvalue weighted by molar-refractivity contribution is 8.00. The highest BCUT2D eigenvalue weighted by Crippen LogP contribution is 2.44. The second-order valence-electron chi connectivity index (χ2n) is 13.3. The zero-order valence-electron chi connectivity index (χ0n) is 29.0. The van der Waals surface area contributed by atoms with Gasteiger partial charge >= 0.3 is 0 Å². The molecule has 0 radical (unpaired) electrons. The number of nitrogens with zero attached hydrogens (tertiary/aromatic N) is 1. The normalized spacial score (nSPS) is 14.9. The molecule has 0 saturated carbocycles. The van der Waals surface area contributed by atoms with Crippen molar-refractivity contribution >= 4 is 57.6 Å². The Kier molecular flexibility index (Phi) is 11.8. The van der Waals surface area contributed by atoms with E-state index in [0.29, 0.717) is 45.5 Å². The van der Waals surface area contributed by atoms with E-state index in [0.717, 1.165) is 29.7 Å². The summed E-state index contributed by atoms with van der Waals surface area (Å²) in [5.41, 5.74) is 3.54. The van der Waals surface area contributed by atoms with Gasteiger partial charge in [-0.15, -0.1) is 23.1 Å². The summed E-state index contributed by atoms with van der Waals surface area (Å²) in [6, 6.07) is 25.4. The number of benzene rings is 3. The Hall–Kier alpha value is -4.85. The number of rotatable bonds is 11. The number of ether oxygens (including phenoxy) is 1. The summed E-state index contributed by atoms with van der Waals surface area (Å²) in [5, 5.41) is 19.0. The van der Waals surface area contributed by atoms with Gasteiger partial charge in [-0.3, -0.25) is 14.4 Å². The average molecular weight is 707 g/mol. The van der Waals surface area contributed by atoms with E-state index in [1.165, 1.54) is 28.0 Å². The minimum Gasteiger partial charge on any atom is -0.497 e. The molecule has 4 aromatic rings. The van der Waals surface area contributed by atoms with Crippen molar-refractivity contribution in [2.45, 2.75) is 63.5 Å². The summed E-state index contributed by atoms with van der Waals surface area (Å²) in [7, 11) is 1.58. The smallest absolute Gasteiger partial charge is 0.272 e. The molecule has 2 unspecified atom stereocenters. The number of amides is 3. The highest BCUT2D eigenvalue weighted by Gasteiger charge is 2.33. The van der Waals surface area contributed by atoms with Gasteiger partial charge in [0.2, 0.25) is 5.91 Å². The maximum absolute atomic E-state index is 13.6. The Labute approximate surface area is 302 Å². The molecule has 0 fully saturated rings. The van der Waals surface area contributed by atoms with E-state index in [1.807, 2.05) is 25.1 Å². The van der Waals surface area contributed by atoms with Crippen molar-refractivity contribution < 1.29 is 19.1 Å². The first kappa shape index (κ1) is 36.4. The number of nitrogens with one attached hydrogen (secondary N) is 3. The van der Waals surface area contributed by atoms with Crippen molar-refractivity contribution in [3.63, 3.8) is 0 Å². The zero-order chi connectivity index (χ0) is 35.8. The van der Waals surface area contributed by atoms with Crippen molar-refractivity contribution in [3.8, 4) is 11.8 Å². The molecule has 0 bridgehead atoms. The van der Waals surface area contributed by atoms with Crippen LogP contribution in [0.2, 0.25) is 0 Å². The summed E-state index contributed by atoms with van der Waals surface area (Å²) in [5.74, 6) is 0.120. The Morgan fingerprint density at radius 3 is 2.44 bits per heavy atom. The number of carbonyl (C=O) groups is 3. The standard InChI is InChI=1S/C40H42N4O4S2/c1-6-34(38(47)44-39-32(24-41)31-20-17-27(40(2,3)4)22-35(31)50-39)49-30-14-10-13-28(23-30)42-37(46)33(21-25-15-18-29(48-5)19-16-25)43-36(45)26-11-8-7-9-12-26/h7-16,18-19,21,23,27,34H,6,17,20,22H2,1-5H3,(H,42,46)(H,43,45)(H,44,47)/b33-21+. The number of hydrogen-bond donors (Lipinski definition) is 3. The van der Waals surface area contributed by atoms with E-state index < -0.39 is 17.1 Å².